The maximum atomic E-state index is 14.2. The first-order chi connectivity index (χ1) is 12.5. The van der Waals surface area contributed by atoms with Gasteiger partial charge in [0.15, 0.2) is 0 Å². The van der Waals surface area contributed by atoms with Crippen LogP contribution in [0.5, 0.6) is 0 Å². The highest BCUT2D eigenvalue weighted by Crippen LogP contribution is 2.52. The number of benzene rings is 2. The molecule has 0 saturated carbocycles. The Bertz CT molecular complexity index is 888. The molecule has 0 unspecified atom stereocenters. The fourth-order valence-electron chi connectivity index (χ4n) is 3.29. The Morgan fingerprint density at radius 1 is 0.962 bits per heavy atom. The number of anilines is 1. The van der Waals surface area contributed by atoms with Crippen molar-refractivity contribution in [1.29, 1.82) is 0 Å². The summed E-state index contributed by atoms with van der Waals surface area (Å²) < 4.78 is 37.2. The number of hydrogen-bond donors (Lipinski definition) is 2. The van der Waals surface area contributed by atoms with Crippen LogP contribution in [-0.2, 0) is 0 Å². The molecular formula is C20H25FN2O2S. The van der Waals surface area contributed by atoms with E-state index in [0.29, 0.717) is 5.52 Å². The fourth-order valence-corrected chi connectivity index (χ4v) is 4.76. The van der Waals surface area contributed by atoms with Gasteiger partial charge >= 0.3 is 0 Å². The molecule has 0 saturated heterocycles. The van der Waals surface area contributed by atoms with Crippen molar-refractivity contribution in [3.8, 4) is 0 Å². The molecule has 2 N–H and O–H groups in total. The number of aromatic nitrogens is 1. The molecule has 1 aromatic heterocycles. The normalized spacial score (nSPS) is 12.5. The molecule has 0 spiro atoms. The Morgan fingerprint density at radius 3 is 2.31 bits per heavy atom. The highest BCUT2D eigenvalue weighted by atomic mass is 32.3. The molecule has 0 aliphatic heterocycles. The summed E-state index contributed by atoms with van der Waals surface area (Å²) in [5.74, 6) is -0.621. The van der Waals surface area contributed by atoms with Gasteiger partial charge in [-0.05, 0) is 43.2 Å². The summed E-state index contributed by atoms with van der Waals surface area (Å²) >= 11 is 0. The van der Waals surface area contributed by atoms with E-state index in [1.165, 1.54) is 22.2 Å². The number of hydrogen-bond acceptors (Lipinski definition) is 3. The van der Waals surface area contributed by atoms with Crippen LogP contribution in [0, 0.1) is 5.82 Å². The highest BCUT2D eigenvalue weighted by molar-refractivity contribution is 8.23. The van der Waals surface area contributed by atoms with Crippen molar-refractivity contribution in [1.82, 2.24) is 3.97 Å². The first kappa shape index (κ1) is 18.8. The SMILES string of the molecule is CCCN(CCC)c1cccc2c1ccn2S(O)(O)c1ccccc1F. The van der Waals surface area contributed by atoms with Crippen LogP contribution in [0.2, 0.25) is 0 Å². The van der Waals surface area contributed by atoms with E-state index in [2.05, 4.69) is 18.7 Å². The molecular weight excluding hydrogens is 351 g/mol. The molecule has 1 heterocycles. The fraction of sp³-hybridized carbons (Fsp3) is 0.300. The third-order valence-electron chi connectivity index (χ3n) is 4.41. The van der Waals surface area contributed by atoms with E-state index < -0.39 is 16.6 Å². The van der Waals surface area contributed by atoms with Gasteiger partial charge in [-0.25, -0.2) is 8.36 Å². The molecule has 0 amide bonds. The lowest BCUT2D eigenvalue weighted by Gasteiger charge is -2.34. The lowest BCUT2D eigenvalue weighted by molar-refractivity contribution is 0.466. The van der Waals surface area contributed by atoms with Crippen molar-refractivity contribution < 1.29 is 13.5 Å². The molecule has 0 bridgehead atoms. The summed E-state index contributed by atoms with van der Waals surface area (Å²) in [6, 6.07) is 13.5. The Kier molecular flexibility index (Phi) is 5.55. The lowest BCUT2D eigenvalue weighted by Crippen LogP contribution is -2.24. The van der Waals surface area contributed by atoms with Gasteiger partial charge < -0.3 is 4.90 Å². The zero-order chi connectivity index (χ0) is 18.7. The van der Waals surface area contributed by atoms with E-state index in [-0.39, 0.29) is 4.90 Å². The first-order valence-electron chi connectivity index (χ1n) is 8.89. The van der Waals surface area contributed by atoms with Gasteiger partial charge in [-0.1, -0.05) is 42.8 Å². The standard InChI is InChI=1S/C20H25FN2O2S/c1-3-13-22(14-4-2)18-9-7-10-19-16(18)12-15-23(19)26(24,25)20-11-6-5-8-17(20)21/h5-12,15,24-25H,3-4,13-14H2,1-2H3. The predicted octanol–water partition coefficient (Wildman–Crippen LogP) is 5.98. The second-order valence-electron chi connectivity index (χ2n) is 6.29. The lowest BCUT2D eigenvalue weighted by atomic mass is 10.2. The van der Waals surface area contributed by atoms with Gasteiger partial charge in [0.05, 0.1) is 5.52 Å². The number of nitrogens with zero attached hydrogens (tertiary/aromatic N) is 2. The molecule has 0 aliphatic carbocycles. The van der Waals surface area contributed by atoms with Crippen LogP contribution in [-0.4, -0.2) is 26.2 Å². The van der Waals surface area contributed by atoms with Crippen LogP contribution in [0.4, 0.5) is 10.1 Å². The Balaban J connectivity index is 2.12. The minimum absolute atomic E-state index is 0.0955. The van der Waals surface area contributed by atoms with Crippen molar-refractivity contribution >= 4 is 27.4 Å². The van der Waals surface area contributed by atoms with Crippen molar-refractivity contribution in [2.24, 2.45) is 0 Å². The van der Waals surface area contributed by atoms with Gasteiger partial charge in [-0.15, -0.1) is 0 Å². The second-order valence-corrected chi connectivity index (χ2v) is 8.16. The first-order valence-corrected chi connectivity index (χ1v) is 10.4. The molecule has 3 aromatic rings. The quantitative estimate of drug-likeness (QED) is 0.533. The molecule has 0 atom stereocenters. The summed E-state index contributed by atoms with van der Waals surface area (Å²) in [5, 5.41) is 0.936. The van der Waals surface area contributed by atoms with Crippen LogP contribution in [0.3, 0.4) is 0 Å². The average molecular weight is 376 g/mol. The van der Waals surface area contributed by atoms with Crippen LogP contribution < -0.4 is 4.90 Å². The summed E-state index contributed by atoms with van der Waals surface area (Å²) in [7, 11) is -3.50. The summed E-state index contributed by atoms with van der Waals surface area (Å²) in [6.07, 6.45) is 3.69. The van der Waals surface area contributed by atoms with Crippen molar-refractivity contribution in [3.05, 3.63) is 60.5 Å². The zero-order valence-electron chi connectivity index (χ0n) is 15.1. The van der Waals surface area contributed by atoms with Crippen molar-refractivity contribution in [2.75, 3.05) is 18.0 Å². The predicted molar refractivity (Wildman–Crippen MR) is 108 cm³/mol. The van der Waals surface area contributed by atoms with Gasteiger partial charge in [-0.3, -0.25) is 9.11 Å². The van der Waals surface area contributed by atoms with Gasteiger partial charge in [0.1, 0.15) is 10.7 Å². The molecule has 3 rings (SSSR count). The van der Waals surface area contributed by atoms with Crippen LogP contribution in [0.25, 0.3) is 10.9 Å². The van der Waals surface area contributed by atoms with E-state index in [1.807, 2.05) is 24.3 Å². The molecule has 2 aromatic carbocycles. The van der Waals surface area contributed by atoms with Gasteiger partial charge in [0.25, 0.3) is 0 Å². The van der Waals surface area contributed by atoms with E-state index in [0.717, 1.165) is 37.0 Å². The van der Waals surface area contributed by atoms with E-state index in [1.54, 1.807) is 12.3 Å². The van der Waals surface area contributed by atoms with Crippen LogP contribution in [0.1, 0.15) is 26.7 Å². The summed E-state index contributed by atoms with van der Waals surface area (Å²) in [6.45, 7) is 6.15. The zero-order valence-corrected chi connectivity index (χ0v) is 15.9. The van der Waals surface area contributed by atoms with Crippen molar-refractivity contribution in [3.63, 3.8) is 0 Å². The maximum Gasteiger partial charge on any atom is 0.148 e. The van der Waals surface area contributed by atoms with Crippen molar-refractivity contribution in [2.45, 2.75) is 31.6 Å². The third-order valence-corrected chi connectivity index (χ3v) is 6.20. The molecule has 6 heteroatoms. The van der Waals surface area contributed by atoms with Gasteiger partial charge in [0, 0.05) is 30.4 Å². The van der Waals surface area contributed by atoms with Gasteiger partial charge in [-0.2, -0.15) is 0 Å². The van der Waals surface area contributed by atoms with Crippen LogP contribution >= 0.6 is 10.8 Å². The van der Waals surface area contributed by atoms with E-state index >= 15 is 0 Å². The van der Waals surface area contributed by atoms with E-state index in [4.69, 9.17) is 0 Å². The average Bonchev–Trinajstić information content (AvgIpc) is 3.07. The Labute approximate surface area is 155 Å². The number of fused-ring (bicyclic) bond motifs is 1. The monoisotopic (exact) mass is 376 g/mol. The minimum atomic E-state index is -3.50. The third kappa shape index (κ3) is 3.32. The Hall–Kier alpha value is -2.02. The summed E-state index contributed by atoms with van der Waals surface area (Å²) in [5.41, 5.74) is 1.75. The van der Waals surface area contributed by atoms with E-state index in [9.17, 15) is 13.5 Å². The smallest absolute Gasteiger partial charge is 0.148 e. The number of halogens is 1. The largest absolute Gasteiger partial charge is 0.371 e. The second kappa shape index (κ2) is 7.70. The molecule has 140 valence electrons. The summed E-state index contributed by atoms with van der Waals surface area (Å²) in [4.78, 5) is 2.21. The molecule has 4 nitrogen and oxygen atoms in total. The molecule has 26 heavy (non-hydrogen) atoms. The van der Waals surface area contributed by atoms with Gasteiger partial charge in [0.2, 0.25) is 0 Å². The number of rotatable bonds is 7. The molecule has 0 aliphatic rings. The molecule has 0 fully saturated rings. The topological polar surface area (TPSA) is 48.6 Å². The minimum Gasteiger partial charge on any atom is -0.371 e. The molecule has 0 radical (unpaired) electrons. The highest BCUT2D eigenvalue weighted by Gasteiger charge is 2.24. The maximum absolute atomic E-state index is 14.2. The Morgan fingerprint density at radius 2 is 1.65 bits per heavy atom. The van der Waals surface area contributed by atoms with Crippen LogP contribution in [0.15, 0.2) is 59.6 Å².